The molecule has 0 unspecified atom stereocenters. The van der Waals surface area contributed by atoms with Crippen molar-refractivity contribution in [2.75, 3.05) is 7.11 Å². The van der Waals surface area contributed by atoms with E-state index >= 15 is 0 Å². The fourth-order valence-electron chi connectivity index (χ4n) is 1.30. The molecule has 0 N–H and O–H groups in total. The lowest BCUT2D eigenvalue weighted by Crippen LogP contribution is -2.06. The number of esters is 1. The molecule has 1 aromatic carbocycles. The molecule has 0 saturated heterocycles. The second-order valence-corrected chi connectivity index (χ2v) is 4.71. The van der Waals surface area contributed by atoms with E-state index in [1.807, 2.05) is 0 Å². The quantitative estimate of drug-likeness (QED) is 0.474. The minimum absolute atomic E-state index is 0.0111. The van der Waals surface area contributed by atoms with Crippen LogP contribution in [0.4, 0.5) is 13.2 Å². The smallest absolute Gasteiger partial charge is 0.446 e. The Hall–Kier alpha value is -1.50. The van der Waals surface area contributed by atoms with Crippen molar-refractivity contribution >= 4 is 23.5 Å². The van der Waals surface area contributed by atoms with Gasteiger partial charge in [-0.05, 0) is 23.9 Å². The van der Waals surface area contributed by atoms with Crippen molar-refractivity contribution in [2.24, 2.45) is 0 Å². The van der Waals surface area contributed by atoms with Gasteiger partial charge >= 0.3 is 11.5 Å². The monoisotopic (exact) mass is 292 g/mol. The molecule has 0 heterocycles. The first-order valence-electron chi connectivity index (χ1n) is 5.27. The van der Waals surface area contributed by atoms with E-state index in [1.165, 1.54) is 31.4 Å². The summed E-state index contributed by atoms with van der Waals surface area (Å²) in [6, 6.07) is 5.08. The average molecular weight is 292 g/mol. The standard InChI is InChI=1S/C12H11F3O3S/c1-18-11(17)7-6-10(16)8-2-4-9(5-3-8)19-12(13,14)15/h2-5H,6-7H2,1H3. The highest BCUT2D eigenvalue weighted by Crippen LogP contribution is 2.36. The summed E-state index contributed by atoms with van der Waals surface area (Å²) in [6.07, 6.45) is -0.0766. The van der Waals surface area contributed by atoms with Crippen LogP contribution in [0, 0.1) is 0 Å². The van der Waals surface area contributed by atoms with Crippen molar-refractivity contribution in [3.8, 4) is 0 Å². The zero-order valence-corrected chi connectivity index (χ0v) is 10.8. The summed E-state index contributed by atoms with van der Waals surface area (Å²) >= 11 is -0.242. The number of ether oxygens (including phenoxy) is 1. The predicted octanol–water partition coefficient (Wildman–Crippen LogP) is 3.43. The first-order valence-corrected chi connectivity index (χ1v) is 6.09. The maximum atomic E-state index is 12.1. The summed E-state index contributed by atoms with van der Waals surface area (Å²) < 4.78 is 40.7. The highest BCUT2D eigenvalue weighted by molar-refractivity contribution is 8.00. The second kappa shape index (κ2) is 6.60. The molecule has 0 radical (unpaired) electrons. The van der Waals surface area contributed by atoms with Crippen molar-refractivity contribution in [2.45, 2.75) is 23.2 Å². The van der Waals surface area contributed by atoms with Gasteiger partial charge in [0.05, 0.1) is 13.5 Å². The van der Waals surface area contributed by atoms with E-state index in [2.05, 4.69) is 4.74 Å². The van der Waals surface area contributed by atoms with E-state index < -0.39 is 11.5 Å². The molecule has 0 aliphatic carbocycles. The van der Waals surface area contributed by atoms with Crippen LogP contribution in [0.1, 0.15) is 23.2 Å². The van der Waals surface area contributed by atoms with Gasteiger partial charge in [0.25, 0.3) is 0 Å². The molecule has 1 rings (SSSR count). The predicted molar refractivity (Wildman–Crippen MR) is 63.9 cm³/mol. The molecule has 0 aliphatic rings. The molecule has 0 saturated carbocycles. The van der Waals surface area contributed by atoms with E-state index in [0.29, 0.717) is 0 Å². The van der Waals surface area contributed by atoms with Crippen LogP contribution in [-0.4, -0.2) is 24.4 Å². The fraction of sp³-hybridized carbons (Fsp3) is 0.333. The number of carbonyl (C=O) groups excluding carboxylic acids is 2. The molecule has 0 aliphatic heterocycles. The van der Waals surface area contributed by atoms with Crippen LogP contribution in [0.3, 0.4) is 0 Å². The third kappa shape index (κ3) is 5.78. The Labute approximate surface area is 112 Å². The molecule has 0 amide bonds. The van der Waals surface area contributed by atoms with Gasteiger partial charge in [0.1, 0.15) is 0 Å². The first kappa shape index (κ1) is 15.6. The van der Waals surface area contributed by atoms with Crippen molar-refractivity contribution in [3.63, 3.8) is 0 Å². The number of thioether (sulfide) groups is 1. The zero-order valence-electron chi connectivity index (χ0n) is 9.99. The van der Waals surface area contributed by atoms with Gasteiger partial charge in [0, 0.05) is 16.9 Å². The maximum Gasteiger partial charge on any atom is 0.446 e. The number of halogens is 3. The van der Waals surface area contributed by atoms with E-state index in [4.69, 9.17) is 0 Å². The second-order valence-electron chi connectivity index (χ2n) is 3.57. The van der Waals surface area contributed by atoms with Gasteiger partial charge in [0.2, 0.25) is 0 Å². The van der Waals surface area contributed by atoms with Crippen molar-refractivity contribution in [3.05, 3.63) is 29.8 Å². The van der Waals surface area contributed by atoms with Gasteiger partial charge in [-0.15, -0.1) is 0 Å². The van der Waals surface area contributed by atoms with Gasteiger partial charge in [-0.2, -0.15) is 13.2 Å². The third-order valence-electron chi connectivity index (χ3n) is 2.19. The zero-order chi connectivity index (χ0) is 14.5. The molecule has 3 nitrogen and oxygen atoms in total. The topological polar surface area (TPSA) is 43.4 Å². The SMILES string of the molecule is COC(=O)CCC(=O)c1ccc(SC(F)(F)F)cc1. The molecule has 1 aromatic rings. The lowest BCUT2D eigenvalue weighted by molar-refractivity contribution is -0.140. The van der Waals surface area contributed by atoms with Crippen LogP contribution in [0.5, 0.6) is 0 Å². The summed E-state index contributed by atoms with van der Waals surface area (Å²) in [7, 11) is 1.22. The number of rotatable bonds is 5. The van der Waals surface area contributed by atoms with Gasteiger partial charge in [-0.1, -0.05) is 12.1 Å². The van der Waals surface area contributed by atoms with Gasteiger partial charge in [-0.25, -0.2) is 0 Å². The molecule has 7 heteroatoms. The lowest BCUT2D eigenvalue weighted by atomic mass is 10.1. The maximum absolute atomic E-state index is 12.1. The van der Waals surface area contributed by atoms with Crippen LogP contribution in [0.15, 0.2) is 29.2 Å². The Balaban J connectivity index is 2.61. The molecule has 0 bridgehead atoms. The minimum atomic E-state index is -4.35. The Morgan fingerprint density at radius 2 is 1.74 bits per heavy atom. The van der Waals surface area contributed by atoms with E-state index in [0.717, 1.165) is 0 Å². The van der Waals surface area contributed by atoms with E-state index in [9.17, 15) is 22.8 Å². The molecule has 104 valence electrons. The average Bonchev–Trinajstić information content (AvgIpc) is 2.34. The number of methoxy groups -OCH3 is 1. The van der Waals surface area contributed by atoms with E-state index in [1.54, 1.807) is 0 Å². The molecule has 0 fully saturated rings. The number of ketones is 1. The van der Waals surface area contributed by atoms with E-state index in [-0.39, 0.29) is 40.8 Å². The number of carbonyl (C=O) groups is 2. The Bertz CT molecular complexity index is 454. The molecular weight excluding hydrogens is 281 g/mol. The highest BCUT2D eigenvalue weighted by Gasteiger charge is 2.29. The van der Waals surface area contributed by atoms with Crippen LogP contribution >= 0.6 is 11.8 Å². The minimum Gasteiger partial charge on any atom is -0.469 e. The van der Waals surface area contributed by atoms with Gasteiger partial charge in [0.15, 0.2) is 5.78 Å². The summed E-state index contributed by atoms with van der Waals surface area (Å²) in [5, 5.41) is 0. The van der Waals surface area contributed by atoms with Crippen molar-refractivity contribution in [1.29, 1.82) is 0 Å². The largest absolute Gasteiger partial charge is 0.469 e. The highest BCUT2D eigenvalue weighted by atomic mass is 32.2. The Morgan fingerprint density at radius 3 is 2.21 bits per heavy atom. The number of hydrogen-bond donors (Lipinski definition) is 0. The Kier molecular flexibility index (Phi) is 5.41. The lowest BCUT2D eigenvalue weighted by Gasteiger charge is -2.06. The molecule has 0 spiro atoms. The van der Waals surface area contributed by atoms with Crippen LogP contribution < -0.4 is 0 Å². The Morgan fingerprint density at radius 1 is 1.16 bits per heavy atom. The van der Waals surface area contributed by atoms with Gasteiger partial charge in [-0.3, -0.25) is 9.59 Å². The number of alkyl halides is 3. The summed E-state index contributed by atoms with van der Waals surface area (Å²) in [4.78, 5) is 22.5. The van der Waals surface area contributed by atoms with Crippen molar-refractivity contribution < 1.29 is 27.5 Å². The summed E-state index contributed by atoms with van der Waals surface area (Å²) in [5.41, 5.74) is -4.08. The molecular formula is C12H11F3O3S. The molecule has 0 aromatic heterocycles. The van der Waals surface area contributed by atoms with Crippen LogP contribution in [-0.2, 0) is 9.53 Å². The summed E-state index contributed by atoms with van der Waals surface area (Å²) in [5.74, 6) is -0.813. The number of Topliss-reactive ketones (excluding diaryl/α,β-unsaturated/α-hetero) is 1. The molecule has 19 heavy (non-hydrogen) atoms. The normalized spacial score (nSPS) is 11.2. The molecule has 0 atom stereocenters. The number of hydrogen-bond acceptors (Lipinski definition) is 4. The number of benzene rings is 1. The first-order chi connectivity index (χ1) is 8.81. The van der Waals surface area contributed by atoms with Crippen LogP contribution in [0.25, 0.3) is 0 Å². The fourth-order valence-corrected chi connectivity index (χ4v) is 1.84. The third-order valence-corrected chi connectivity index (χ3v) is 2.93. The summed E-state index contributed by atoms with van der Waals surface area (Å²) in [6.45, 7) is 0. The van der Waals surface area contributed by atoms with Gasteiger partial charge < -0.3 is 4.74 Å². The van der Waals surface area contributed by atoms with Crippen LogP contribution in [0.2, 0.25) is 0 Å². The van der Waals surface area contributed by atoms with Crippen molar-refractivity contribution in [1.82, 2.24) is 0 Å².